The number of nitrogens with two attached hydrogens (primary N) is 1. The van der Waals surface area contributed by atoms with Crippen molar-refractivity contribution in [1.82, 2.24) is 4.98 Å². The molecule has 0 radical (unpaired) electrons. The second-order valence-electron chi connectivity index (χ2n) is 4.41. The fraction of sp³-hybridized carbons (Fsp3) is 0.643. The quantitative estimate of drug-likeness (QED) is 0.692. The third-order valence-corrected chi connectivity index (χ3v) is 3.30. The van der Waals surface area contributed by atoms with Crippen LogP contribution < -0.4 is 10.5 Å². The van der Waals surface area contributed by atoms with E-state index in [0.29, 0.717) is 24.1 Å². The van der Waals surface area contributed by atoms with E-state index < -0.39 is 0 Å². The summed E-state index contributed by atoms with van der Waals surface area (Å²) in [6.45, 7) is 3.31. The fourth-order valence-corrected chi connectivity index (χ4v) is 2.02. The van der Waals surface area contributed by atoms with Crippen molar-refractivity contribution in [2.24, 2.45) is 5.73 Å². The summed E-state index contributed by atoms with van der Waals surface area (Å²) in [6, 6.07) is 1.82. The SMILES string of the molecule is CCCCCCCCOc1nccc(CN)c1Cl. The summed E-state index contributed by atoms with van der Waals surface area (Å²) in [5.74, 6) is 0.508. The summed E-state index contributed by atoms with van der Waals surface area (Å²) in [4.78, 5) is 4.12. The molecular weight excluding hydrogens is 248 g/mol. The van der Waals surface area contributed by atoms with Gasteiger partial charge in [-0.25, -0.2) is 4.98 Å². The lowest BCUT2D eigenvalue weighted by molar-refractivity contribution is 0.293. The molecule has 0 aliphatic carbocycles. The molecule has 1 aromatic rings. The van der Waals surface area contributed by atoms with Gasteiger partial charge in [0.25, 0.3) is 0 Å². The predicted octanol–water partition coefficient (Wildman–Crippen LogP) is 3.93. The highest BCUT2D eigenvalue weighted by atomic mass is 35.5. The van der Waals surface area contributed by atoms with Crippen molar-refractivity contribution in [3.8, 4) is 5.88 Å². The van der Waals surface area contributed by atoms with Gasteiger partial charge in [0, 0.05) is 12.7 Å². The average Bonchev–Trinajstić information content (AvgIpc) is 2.39. The number of ether oxygens (including phenoxy) is 1. The molecule has 0 unspecified atom stereocenters. The second kappa shape index (κ2) is 9.17. The van der Waals surface area contributed by atoms with Gasteiger partial charge in [0.2, 0.25) is 5.88 Å². The molecule has 1 heterocycles. The number of halogens is 1. The normalized spacial score (nSPS) is 10.6. The maximum atomic E-state index is 6.12. The van der Waals surface area contributed by atoms with Crippen molar-refractivity contribution in [2.45, 2.75) is 52.0 Å². The minimum Gasteiger partial charge on any atom is -0.477 e. The van der Waals surface area contributed by atoms with E-state index in [0.717, 1.165) is 12.0 Å². The number of unbranched alkanes of at least 4 members (excludes halogenated alkanes) is 5. The van der Waals surface area contributed by atoms with Gasteiger partial charge in [0.1, 0.15) is 5.02 Å². The summed E-state index contributed by atoms with van der Waals surface area (Å²) >= 11 is 6.12. The first-order valence-corrected chi connectivity index (χ1v) is 7.13. The number of aromatic nitrogens is 1. The van der Waals surface area contributed by atoms with E-state index in [1.165, 1.54) is 32.1 Å². The van der Waals surface area contributed by atoms with Crippen LogP contribution in [0.15, 0.2) is 12.3 Å². The topological polar surface area (TPSA) is 48.1 Å². The largest absolute Gasteiger partial charge is 0.477 e. The molecule has 1 rings (SSSR count). The molecule has 0 saturated carbocycles. The second-order valence-corrected chi connectivity index (χ2v) is 4.79. The molecule has 0 bridgehead atoms. The van der Waals surface area contributed by atoms with Gasteiger partial charge in [-0.3, -0.25) is 0 Å². The first-order valence-electron chi connectivity index (χ1n) is 6.75. The van der Waals surface area contributed by atoms with Gasteiger partial charge in [0.05, 0.1) is 6.61 Å². The van der Waals surface area contributed by atoms with Crippen LogP contribution >= 0.6 is 11.6 Å². The van der Waals surface area contributed by atoms with Gasteiger partial charge < -0.3 is 10.5 Å². The lowest BCUT2D eigenvalue weighted by Crippen LogP contribution is -2.03. The van der Waals surface area contributed by atoms with Crippen molar-refractivity contribution in [1.29, 1.82) is 0 Å². The van der Waals surface area contributed by atoms with Gasteiger partial charge in [0.15, 0.2) is 0 Å². The van der Waals surface area contributed by atoms with Crippen LogP contribution in [0.2, 0.25) is 5.02 Å². The Kier molecular flexibility index (Phi) is 7.78. The molecule has 2 N–H and O–H groups in total. The number of hydrogen-bond donors (Lipinski definition) is 1. The number of hydrogen-bond acceptors (Lipinski definition) is 3. The summed E-state index contributed by atoms with van der Waals surface area (Å²) in [7, 11) is 0. The Morgan fingerprint density at radius 2 is 1.94 bits per heavy atom. The minimum absolute atomic E-state index is 0.411. The molecule has 102 valence electrons. The first kappa shape index (κ1) is 15.3. The van der Waals surface area contributed by atoms with E-state index in [1.54, 1.807) is 6.20 Å². The zero-order valence-electron chi connectivity index (χ0n) is 11.1. The summed E-state index contributed by atoms with van der Waals surface area (Å²) in [6.07, 6.45) is 9.14. The zero-order chi connectivity index (χ0) is 13.2. The molecule has 4 heteroatoms. The molecule has 0 fully saturated rings. The number of pyridine rings is 1. The van der Waals surface area contributed by atoms with Crippen LogP contribution in [0.25, 0.3) is 0 Å². The molecule has 18 heavy (non-hydrogen) atoms. The van der Waals surface area contributed by atoms with Crippen molar-refractivity contribution in [2.75, 3.05) is 6.61 Å². The van der Waals surface area contributed by atoms with Crippen LogP contribution in [0.4, 0.5) is 0 Å². The molecule has 0 aliphatic rings. The zero-order valence-corrected chi connectivity index (χ0v) is 11.9. The molecule has 0 aliphatic heterocycles. The van der Waals surface area contributed by atoms with Crippen LogP contribution in [0, 0.1) is 0 Å². The third-order valence-electron chi connectivity index (χ3n) is 2.89. The Morgan fingerprint density at radius 1 is 1.22 bits per heavy atom. The summed E-state index contributed by atoms with van der Waals surface area (Å²) < 4.78 is 5.59. The third kappa shape index (κ3) is 5.23. The van der Waals surface area contributed by atoms with Crippen molar-refractivity contribution in [3.05, 3.63) is 22.8 Å². The van der Waals surface area contributed by atoms with E-state index in [1.807, 2.05) is 6.07 Å². The van der Waals surface area contributed by atoms with Gasteiger partial charge >= 0.3 is 0 Å². The Morgan fingerprint density at radius 3 is 2.67 bits per heavy atom. The van der Waals surface area contributed by atoms with E-state index in [9.17, 15) is 0 Å². The fourth-order valence-electron chi connectivity index (χ4n) is 1.77. The molecule has 0 atom stereocenters. The molecule has 0 aromatic carbocycles. The lowest BCUT2D eigenvalue weighted by atomic mass is 10.1. The lowest BCUT2D eigenvalue weighted by Gasteiger charge is -2.09. The van der Waals surface area contributed by atoms with E-state index in [4.69, 9.17) is 22.1 Å². The Labute approximate surface area is 115 Å². The predicted molar refractivity (Wildman–Crippen MR) is 76.0 cm³/mol. The van der Waals surface area contributed by atoms with E-state index in [2.05, 4.69) is 11.9 Å². The van der Waals surface area contributed by atoms with E-state index >= 15 is 0 Å². The van der Waals surface area contributed by atoms with Crippen LogP contribution in [0.5, 0.6) is 5.88 Å². The average molecular weight is 271 g/mol. The monoisotopic (exact) mass is 270 g/mol. The molecular formula is C14H23ClN2O. The van der Waals surface area contributed by atoms with Crippen molar-refractivity contribution in [3.63, 3.8) is 0 Å². The molecule has 0 amide bonds. The highest BCUT2D eigenvalue weighted by Crippen LogP contribution is 2.25. The highest BCUT2D eigenvalue weighted by molar-refractivity contribution is 6.32. The van der Waals surface area contributed by atoms with Gasteiger partial charge in [-0.15, -0.1) is 0 Å². The smallest absolute Gasteiger partial charge is 0.232 e. The Bertz CT molecular complexity index is 345. The maximum Gasteiger partial charge on any atom is 0.232 e. The van der Waals surface area contributed by atoms with Gasteiger partial charge in [-0.05, 0) is 18.1 Å². The van der Waals surface area contributed by atoms with Crippen LogP contribution in [-0.2, 0) is 6.54 Å². The highest BCUT2D eigenvalue weighted by Gasteiger charge is 2.07. The minimum atomic E-state index is 0.411. The summed E-state index contributed by atoms with van der Waals surface area (Å²) in [5.41, 5.74) is 6.45. The van der Waals surface area contributed by atoms with Crippen molar-refractivity contribution < 1.29 is 4.74 Å². The Balaban J connectivity index is 2.23. The maximum absolute atomic E-state index is 6.12. The van der Waals surface area contributed by atoms with Crippen LogP contribution in [0.1, 0.15) is 51.0 Å². The molecule has 0 saturated heterocycles. The van der Waals surface area contributed by atoms with Gasteiger partial charge in [-0.2, -0.15) is 0 Å². The van der Waals surface area contributed by atoms with Gasteiger partial charge in [-0.1, -0.05) is 50.6 Å². The Hall–Kier alpha value is -0.800. The summed E-state index contributed by atoms with van der Waals surface area (Å²) in [5, 5.41) is 0.547. The van der Waals surface area contributed by atoms with Crippen molar-refractivity contribution >= 4 is 11.6 Å². The molecule has 1 aromatic heterocycles. The first-order chi connectivity index (χ1) is 8.79. The van der Waals surface area contributed by atoms with Crippen LogP contribution in [-0.4, -0.2) is 11.6 Å². The van der Waals surface area contributed by atoms with E-state index in [-0.39, 0.29) is 0 Å². The number of rotatable bonds is 9. The molecule has 0 spiro atoms. The molecule has 3 nitrogen and oxygen atoms in total. The standard InChI is InChI=1S/C14H23ClN2O/c1-2-3-4-5-6-7-10-18-14-13(15)12(11-16)8-9-17-14/h8-9H,2-7,10-11,16H2,1H3. The van der Waals surface area contributed by atoms with Crippen LogP contribution in [0.3, 0.4) is 0 Å². The number of nitrogens with zero attached hydrogens (tertiary/aromatic N) is 1.